The molecule has 0 aliphatic carbocycles. The van der Waals surface area contributed by atoms with Gasteiger partial charge < -0.3 is 5.32 Å². The molecule has 186 valence electrons. The first kappa shape index (κ1) is 34.4. The average molecular weight is 442 g/mol. The fourth-order valence-corrected chi connectivity index (χ4v) is 2.78. The maximum Gasteiger partial charge on any atom is 0.225 e. The SMILES string of the molecule is CC(C)(C)C(=O)C(C)(C)C.CC(C)(C)C(=O)C(C)(C)C.CC(C)(C)NC(=O)C(C)(C)C. The van der Waals surface area contributed by atoms with Gasteiger partial charge in [0.25, 0.3) is 0 Å². The van der Waals surface area contributed by atoms with Crippen molar-refractivity contribution in [1.29, 1.82) is 0 Å². The molecule has 4 nitrogen and oxygen atoms in total. The minimum absolute atomic E-state index is 0.102. The Morgan fingerprint density at radius 3 is 0.613 bits per heavy atom. The third-order valence-corrected chi connectivity index (χ3v) is 3.89. The number of rotatable bonds is 0. The Bertz CT molecular complexity index is 519. The summed E-state index contributed by atoms with van der Waals surface area (Å²) in [4.78, 5) is 34.3. The van der Waals surface area contributed by atoms with Gasteiger partial charge in [0.15, 0.2) is 0 Å². The van der Waals surface area contributed by atoms with Crippen LogP contribution in [0.5, 0.6) is 0 Å². The second-order valence-corrected chi connectivity index (χ2v) is 14.6. The van der Waals surface area contributed by atoms with Crippen molar-refractivity contribution in [3.05, 3.63) is 0 Å². The first-order valence-corrected chi connectivity index (χ1v) is 11.4. The Hall–Kier alpha value is -1.19. The fraction of sp³-hybridized carbons (Fsp3) is 0.889. The Morgan fingerprint density at radius 1 is 0.387 bits per heavy atom. The summed E-state index contributed by atoms with van der Waals surface area (Å²) in [6.07, 6.45) is 0. The number of amides is 1. The second-order valence-electron chi connectivity index (χ2n) is 14.6. The lowest BCUT2D eigenvalue weighted by Gasteiger charge is -2.26. The van der Waals surface area contributed by atoms with Crippen LogP contribution in [0.4, 0.5) is 0 Å². The highest BCUT2D eigenvalue weighted by molar-refractivity contribution is 5.88. The quantitative estimate of drug-likeness (QED) is 0.431. The van der Waals surface area contributed by atoms with Gasteiger partial charge in [-0.05, 0) is 20.8 Å². The van der Waals surface area contributed by atoms with Crippen LogP contribution in [0.25, 0.3) is 0 Å². The molecule has 0 aromatic heterocycles. The first-order chi connectivity index (χ1) is 12.9. The van der Waals surface area contributed by atoms with Crippen LogP contribution < -0.4 is 5.32 Å². The van der Waals surface area contributed by atoms with E-state index in [0.717, 1.165) is 0 Å². The maximum absolute atomic E-state index is 11.5. The van der Waals surface area contributed by atoms with Gasteiger partial charge in [-0.25, -0.2) is 0 Å². The molecule has 31 heavy (non-hydrogen) atoms. The minimum atomic E-state index is -0.284. The summed E-state index contributed by atoms with van der Waals surface area (Å²) in [5, 5.41) is 2.92. The van der Waals surface area contributed by atoms with Crippen molar-refractivity contribution in [3.63, 3.8) is 0 Å². The summed E-state index contributed by atoms with van der Waals surface area (Å²) in [7, 11) is 0. The normalized spacial score (nSPS) is 13.2. The second kappa shape index (κ2) is 11.1. The number of carbonyl (C=O) groups excluding carboxylic acids is 3. The third kappa shape index (κ3) is 18.1. The van der Waals surface area contributed by atoms with Gasteiger partial charge in [0.05, 0.1) is 0 Å². The predicted octanol–water partition coefficient (Wildman–Crippen LogP) is 7.24. The average Bonchev–Trinajstić information content (AvgIpc) is 2.40. The number of Topliss-reactive ketones (excluding diaryl/α,β-unsaturated/α-hetero) is 2. The predicted molar refractivity (Wildman–Crippen MR) is 135 cm³/mol. The van der Waals surface area contributed by atoms with Gasteiger partial charge in [-0.3, -0.25) is 14.4 Å². The molecule has 0 saturated heterocycles. The van der Waals surface area contributed by atoms with E-state index in [4.69, 9.17) is 0 Å². The lowest BCUT2D eigenvalue weighted by atomic mass is 9.76. The number of hydrogen-bond acceptors (Lipinski definition) is 3. The van der Waals surface area contributed by atoms with E-state index in [0.29, 0.717) is 11.6 Å². The van der Waals surface area contributed by atoms with Crippen LogP contribution in [0, 0.1) is 27.1 Å². The highest BCUT2D eigenvalue weighted by Crippen LogP contribution is 2.28. The van der Waals surface area contributed by atoms with Gasteiger partial charge >= 0.3 is 0 Å². The molecule has 1 amide bonds. The maximum atomic E-state index is 11.5. The molecule has 0 bridgehead atoms. The van der Waals surface area contributed by atoms with E-state index in [1.807, 2.05) is 125 Å². The van der Waals surface area contributed by atoms with E-state index in [1.54, 1.807) is 0 Å². The summed E-state index contributed by atoms with van der Waals surface area (Å²) in [5.41, 5.74) is -1.19. The monoisotopic (exact) mass is 441 g/mol. The summed E-state index contributed by atoms with van der Waals surface area (Å²) < 4.78 is 0. The van der Waals surface area contributed by atoms with Crippen LogP contribution in [0.3, 0.4) is 0 Å². The van der Waals surface area contributed by atoms with Gasteiger partial charge in [0.1, 0.15) is 11.6 Å². The van der Waals surface area contributed by atoms with Crippen molar-refractivity contribution in [3.8, 4) is 0 Å². The largest absolute Gasteiger partial charge is 0.351 e. The van der Waals surface area contributed by atoms with E-state index in [2.05, 4.69) is 5.32 Å². The molecule has 0 atom stereocenters. The summed E-state index contributed by atoms with van der Waals surface area (Å²) in [5.74, 6) is 0.741. The lowest BCUT2D eigenvalue weighted by molar-refractivity contribution is -0.134. The highest BCUT2D eigenvalue weighted by Gasteiger charge is 2.32. The molecule has 0 radical (unpaired) electrons. The molecule has 0 aliphatic heterocycles. The van der Waals surface area contributed by atoms with Crippen molar-refractivity contribution in [2.75, 3.05) is 0 Å². The van der Waals surface area contributed by atoms with E-state index >= 15 is 0 Å². The molecule has 0 aromatic carbocycles. The molecule has 0 spiro atoms. The van der Waals surface area contributed by atoms with Crippen LogP contribution in [0.2, 0.25) is 0 Å². The van der Waals surface area contributed by atoms with Crippen molar-refractivity contribution in [1.82, 2.24) is 5.32 Å². The van der Waals surface area contributed by atoms with Crippen LogP contribution in [-0.2, 0) is 14.4 Å². The molecular weight excluding hydrogens is 386 g/mol. The minimum Gasteiger partial charge on any atom is -0.351 e. The van der Waals surface area contributed by atoms with Crippen LogP contribution in [0.1, 0.15) is 125 Å². The van der Waals surface area contributed by atoms with E-state index in [-0.39, 0.29) is 38.5 Å². The topological polar surface area (TPSA) is 63.2 Å². The third-order valence-electron chi connectivity index (χ3n) is 3.89. The molecule has 0 aliphatic rings. The van der Waals surface area contributed by atoms with E-state index in [9.17, 15) is 14.4 Å². The molecule has 0 unspecified atom stereocenters. The Morgan fingerprint density at radius 2 is 0.581 bits per heavy atom. The van der Waals surface area contributed by atoms with Crippen LogP contribution in [0.15, 0.2) is 0 Å². The number of hydrogen-bond donors (Lipinski definition) is 1. The first-order valence-electron chi connectivity index (χ1n) is 11.4. The van der Waals surface area contributed by atoms with Crippen molar-refractivity contribution < 1.29 is 14.4 Å². The molecule has 4 heteroatoms. The zero-order valence-electron chi connectivity index (χ0n) is 24.2. The molecule has 0 aromatic rings. The molecule has 0 rings (SSSR count). The van der Waals surface area contributed by atoms with Gasteiger partial charge in [0, 0.05) is 32.6 Å². The highest BCUT2D eigenvalue weighted by atomic mass is 16.2. The van der Waals surface area contributed by atoms with Gasteiger partial charge in [-0.15, -0.1) is 0 Å². The fourth-order valence-electron chi connectivity index (χ4n) is 2.78. The number of nitrogens with one attached hydrogen (secondary N) is 1. The van der Waals surface area contributed by atoms with Gasteiger partial charge in [-0.1, -0.05) is 104 Å². The zero-order valence-corrected chi connectivity index (χ0v) is 24.2. The molecule has 0 fully saturated rings. The Labute approximate surface area is 194 Å². The van der Waals surface area contributed by atoms with E-state index in [1.165, 1.54) is 0 Å². The molecule has 1 N–H and O–H groups in total. The number of ketones is 2. The van der Waals surface area contributed by atoms with Crippen molar-refractivity contribution in [2.45, 2.75) is 130 Å². The van der Waals surface area contributed by atoms with Crippen molar-refractivity contribution >= 4 is 17.5 Å². The Kier molecular flexibility index (Phi) is 12.3. The summed E-state index contributed by atoms with van der Waals surface area (Å²) in [6.45, 7) is 35.2. The lowest BCUT2D eigenvalue weighted by Crippen LogP contribution is -2.46. The Balaban J connectivity index is -0.000000380. The van der Waals surface area contributed by atoms with Crippen LogP contribution in [-0.4, -0.2) is 23.0 Å². The van der Waals surface area contributed by atoms with Crippen LogP contribution >= 0.6 is 0 Å². The smallest absolute Gasteiger partial charge is 0.225 e. The van der Waals surface area contributed by atoms with Crippen molar-refractivity contribution in [2.24, 2.45) is 27.1 Å². The number of carbonyl (C=O) groups is 3. The summed E-state index contributed by atoms with van der Waals surface area (Å²) in [6, 6.07) is 0. The standard InChI is InChI=1S/C9H19NO.2C9H18O/c1-8(2,3)7(11)10-9(4,5)6;2*1-8(2,3)7(10)9(4,5)6/h1-6H3,(H,10,11);2*1-6H3. The van der Waals surface area contributed by atoms with Gasteiger partial charge in [-0.2, -0.15) is 0 Å². The van der Waals surface area contributed by atoms with E-state index < -0.39 is 0 Å². The molecular formula is C27H55NO3. The molecule has 0 saturated carbocycles. The molecule has 0 heterocycles. The summed E-state index contributed by atoms with van der Waals surface area (Å²) >= 11 is 0. The zero-order chi connectivity index (χ0) is 26.4. The van der Waals surface area contributed by atoms with Gasteiger partial charge in [0.2, 0.25) is 5.91 Å².